The van der Waals surface area contributed by atoms with E-state index < -0.39 is 0 Å². The molecule has 0 fully saturated rings. The van der Waals surface area contributed by atoms with E-state index in [2.05, 4.69) is 10.3 Å². The molecule has 1 aliphatic carbocycles. The largest absolute Gasteiger partial charge is 0.370 e. The van der Waals surface area contributed by atoms with Gasteiger partial charge in [0.1, 0.15) is 5.82 Å². The first-order valence-corrected chi connectivity index (χ1v) is 8.12. The Morgan fingerprint density at radius 2 is 2.09 bits per heavy atom. The Balaban J connectivity index is 1.82. The van der Waals surface area contributed by atoms with Crippen molar-refractivity contribution in [1.82, 2.24) is 19.6 Å². The molecule has 0 radical (unpaired) electrons. The standard InChI is InChI=1S/C17H20N6/c18-7-2-8-20-17-13-3-1-4-14(13)21-16-11-15(22-23(16)17)12-5-9-19-10-6-12/h5-6,9-11,20H,1-4,7-8,18H2. The molecular formula is C17H20N6. The summed E-state index contributed by atoms with van der Waals surface area (Å²) in [5.74, 6) is 1.08. The Morgan fingerprint density at radius 1 is 1.22 bits per heavy atom. The van der Waals surface area contributed by atoms with Gasteiger partial charge < -0.3 is 11.1 Å². The van der Waals surface area contributed by atoms with Gasteiger partial charge >= 0.3 is 0 Å². The van der Waals surface area contributed by atoms with Crippen LogP contribution < -0.4 is 11.1 Å². The summed E-state index contributed by atoms with van der Waals surface area (Å²) in [6.07, 6.45) is 7.79. The van der Waals surface area contributed by atoms with Crippen molar-refractivity contribution in [2.24, 2.45) is 5.73 Å². The highest BCUT2D eigenvalue weighted by molar-refractivity contribution is 5.66. The SMILES string of the molecule is NCCCNc1c2c(nc3cc(-c4ccncc4)nn13)CCC2. The van der Waals surface area contributed by atoms with E-state index in [-0.39, 0.29) is 0 Å². The lowest BCUT2D eigenvalue weighted by Gasteiger charge is -2.12. The van der Waals surface area contributed by atoms with Gasteiger partial charge in [0.25, 0.3) is 0 Å². The zero-order chi connectivity index (χ0) is 15.6. The number of aryl methyl sites for hydroxylation is 1. The van der Waals surface area contributed by atoms with Gasteiger partial charge in [-0.3, -0.25) is 4.98 Å². The molecule has 6 heteroatoms. The molecule has 0 aliphatic heterocycles. The second kappa shape index (κ2) is 5.96. The molecule has 3 heterocycles. The zero-order valence-electron chi connectivity index (χ0n) is 13.0. The number of aromatic nitrogens is 4. The maximum absolute atomic E-state index is 5.62. The summed E-state index contributed by atoms with van der Waals surface area (Å²) in [6.45, 7) is 1.54. The van der Waals surface area contributed by atoms with Gasteiger partial charge in [-0.2, -0.15) is 9.61 Å². The van der Waals surface area contributed by atoms with Crippen LogP contribution in [0, 0.1) is 0 Å². The van der Waals surface area contributed by atoms with E-state index in [9.17, 15) is 0 Å². The smallest absolute Gasteiger partial charge is 0.158 e. The van der Waals surface area contributed by atoms with Crippen LogP contribution in [0.4, 0.5) is 5.82 Å². The summed E-state index contributed by atoms with van der Waals surface area (Å²) in [5.41, 5.74) is 11.0. The minimum Gasteiger partial charge on any atom is -0.370 e. The molecule has 4 rings (SSSR count). The van der Waals surface area contributed by atoms with Gasteiger partial charge in [-0.1, -0.05) is 0 Å². The van der Waals surface area contributed by atoms with Crippen LogP contribution in [-0.2, 0) is 12.8 Å². The first kappa shape index (κ1) is 14.1. The molecule has 0 spiro atoms. The van der Waals surface area contributed by atoms with E-state index in [1.165, 1.54) is 11.3 Å². The molecule has 6 nitrogen and oxygen atoms in total. The number of hydrogen-bond acceptors (Lipinski definition) is 5. The van der Waals surface area contributed by atoms with Crippen LogP contribution in [0.5, 0.6) is 0 Å². The summed E-state index contributed by atoms with van der Waals surface area (Å²) >= 11 is 0. The van der Waals surface area contributed by atoms with Crippen LogP contribution in [0.15, 0.2) is 30.6 Å². The van der Waals surface area contributed by atoms with Crippen molar-refractivity contribution in [3.8, 4) is 11.3 Å². The van der Waals surface area contributed by atoms with Crippen molar-refractivity contribution < 1.29 is 0 Å². The van der Waals surface area contributed by atoms with E-state index in [1.807, 2.05) is 22.7 Å². The Hall–Kier alpha value is -2.47. The fourth-order valence-corrected chi connectivity index (χ4v) is 3.14. The third-order valence-electron chi connectivity index (χ3n) is 4.28. The Morgan fingerprint density at radius 3 is 2.91 bits per heavy atom. The highest BCUT2D eigenvalue weighted by Crippen LogP contribution is 2.30. The highest BCUT2D eigenvalue weighted by Gasteiger charge is 2.21. The third kappa shape index (κ3) is 2.55. The molecule has 0 saturated heterocycles. The Labute approximate surface area is 134 Å². The van der Waals surface area contributed by atoms with Crippen LogP contribution >= 0.6 is 0 Å². The molecule has 0 atom stereocenters. The molecule has 1 aliphatic rings. The molecule has 0 saturated carbocycles. The predicted molar refractivity (Wildman–Crippen MR) is 90.4 cm³/mol. The number of anilines is 1. The van der Waals surface area contributed by atoms with Gasteiger partial charge in [-0.15, -0.1) is 0 Å². The maximum atomic E-state index is 5.62. The maximum Gasteiger partial charge on any atom is 0.158 e. The summed E-state index contributed by atoms with van der Waals surface area (Å²) < 4.78 is 1.94. The average Bonchev–Trinajstić information content (AvgIpc) is 3.21. The normalized spacial score (nSPS) is 13.4. The van der Waals surface area contributed by atoms with Crippen LogP contribution in [0.2, 0.25) is 0 Å². The summed E-state index contributed by atoms with van der Waals surface area (Å²) in [7, 11) is 0. The molecule has 0 amide bonds. The molecule has 3 N–H and O–H groups in total. The van der Waals surface area contributed by atoms with E-state index in [4.69, 9.17) is 15.8 Å². The van der Waals surface area contributed by atoms with E-state index in [0.717, 1.165) is 55.0 Å². The molecule has 3 aromatic heterocycles. The molecule has 0 unspecified atom stereocenters. The first-order valence-electron chi connectivity index (χ1n) is 8.12. The van der Waals surface area contributed by atoms with Crippen molar-refractivity contribution >= 4 is 11.5 Å². The quantitative estimate of drug-likeness (QED) is 0.705. The third-order valence-corrected chi connectivity index (χ3v) is 4.28. The van der Waals surface area contributed by atoms with Crippen molar-refractivity contribution in [2.75, 3.05) is 18.4 Å². The molecule has 118 valence electrons. The summed E-state index contributed by atoms with van der Waals surface area (Å²) in [4.78, 5) is 8.88. The van der Waals surface area contributed by atoms with Crippen LogP contribution in [-0.4, -0.2) is 32.7 Å². The number of pyridine rings is 1. The zero-order valence-corrected chi connectivity index (χ0v) is 13.0. The fourth-order valence-electron chi connectivity index (χ4n) is 3.14. The van der Waals surface area contributed by atoms with E-state index in [1.54, 1.807) is 12.4 Å². The van der Waals surface area contributed by atoms with Crippen molar-refractivity contribution in [2.45, 2.75) is 25.7 Å². The molecular weight excluding hydrogens is 288 g/mol. The van der Waals surface area contributed by atoms with Crippen molar-refractivity contribution in [3.05, 3.63) is 41.9 Å². The van der Waals surface area contributed by atoms with Gasteiger partial charge in [0.05, 0.1) is 5.69 Å². The second-order valence-electron chi connectivity index (χ2n) is 5.84. The van der Waals surface area contributed by atoms with Gasteiger partial charge in [-0.05, 0) is 44.4 Å². The first-order chi connectivity index (χ1) is 11.4. The Kier molecular flexibility index (Phi) is 3.67. The van der Waals surface area contributed by atoms with Crippen molar-refractivity contribution in [3.63, 3.8) is 0 Å². The van der Waals surface area contributed by atoms with Crippen molar-refractivity contribution in [1.29, 1.82) is 0 Å². The predicted octanol–water partition coefficient (Wildman–Crippen LogP) is 2.04. The number of fused-ring (bicyclic) bond motifs is 2. The highest BCUT2D eigenvalue weighted by atomic mass is 15.3. The van der Waals surface area contributed by atoms with E-state index in [0.29, 0.717) is 6.54 Å². The summed E-state index contributed by atoms with van der Waals surface area (Å²) in [5, 5.41) is 8.29. The lowest BCUT2D eigenvalue weighted by molar-refractivity contribution is 0.845. The number of nitrogens with one attached hydrogen (secondary N) is 1. The van der Waals surface area contributed by atoms with Crippen LogP contribution in [0.1, 0.15) is 24.1 Å². The number of nitrogens with zero attached hydrogens (tertiary/aromatic N) is 4. The fraction of sp³-hybridized carbons (Fsp3) is 0.353. The number of hydrogen-bond donors (Lipinski definition) is 2. The van der Waals surface area contributed by atoms with Gasteiger partial charge in [0, 0.05) is 41.8 Å². The topological polar surface area (TPSA) is 81.1 Å². The monoisotopic (exact) mass is 308 g/mol. The Bertz CT molecular complexity index is 824. The second-order valence-corrected chi connectivity index (χ2v) is 5.84. The van der Waals surface area contributed by atoms with Crippen LogP contribution in [0.25, 0.3) is 16.9 Å². The molecule has 0 bridgehead atoms. The summed E-state index contributed by atoms with van der Waals surface area (Å²) in [6, 6.07) is 5.98. The molecule has 0 aromatic carbocycles. The number of rotatable bonds is 5. The molecule has 3 aromatic rings. The van der Waals surface area contributed by atoms with E-state index >= 15 is 0 Å². The minimum atomic E-state index is 0.685. The number of nitrogens with two attached hydrogens (primary N) is 1. The van der Waals surface area contributed by atoms with Crippen LogP contribution in [0.3, 0.4) is 0 Å². The van der Waals surface area contributed by atoms with Gasteiger partial charge in [0.15, 0.2) is 5.65 Å². The molecule has 23 heavy (non-hydrogen) atoms. The lowest BCUT2D eigenvalue weighted by atomic mass is 10.2. The lowest BCUT2D eigenvalue weighted by Crippen LogP contribution is -2.14. The average molecular weight is 308 g/mol. The van der Waals surface area contributed by atoms with Gasteiger partial charge in [-0.25, -0.2) is 4.98 Å². The van der Waals surface area contributed by atoms with Gasteiger partial charge in [0.2, 0.25) is 0 Å². The minimum absolute atomic E-state index is 0.685.